The van der Waals surface area contributed by atoms with E-state index < -0.39 is 0 Å². The number of carbonyl (C=O) groups excluding carboxylic acids is 1. The smallest absolute Gasteiger partial charge is 0.258 e. The van der Waals surface area contributed by atoms with Crippen molar-refractivity contribution < 1.29 is 18.8 Å². The van der Waals surface area contributed by atoms with Crippen LogP contribution in [0.3, 0.4) is 0 Å². The van der Waals surface area contributed by atoms with E-state index in [-0.39, 0.29) is 11.3 Å². The van der Waals surface area contributed by atoms with Crippen molar-refractivity contribution in [1.82, 2.24) is 20.0 Å². The van der Waals surface area contributed by atoms with Gasteiger partial charge in [-0.15, -0.1) is 0 Å². The fraction of sp³-hybridized carbons (Fsp3) is 0.440. The molecular weight excluding hydrogens is 420 g/mol. The molecule has 1 amide bonds. The third-order valence-electron chi connectivity index (χ3n) is 6.67. The van der Waals surface area contributed by atoms with Crippen molar-refractivity contribution in [3.05, 3.63) is 54.1 Å². The number of amides is 1. The molecule has 0 radical (unpaired) electrons. The molecule has 172 valence electrons. The largest absolute Gasteiger partial charge is 0.497 e. The maximum Gasteiger partial charge on any atom is 0.258 e. The van der Waals surface area contributed by atoms with E-state index in [1.54, 1.807) is 44.8 Å². The Bertz CT molecular complexity index is 1110. The zero-order valence-electron chi connectivity index (χ0n) is 19.0. The fourth-order valence-electron chi connectivity index (χ4n) is 4.78. The Morgan fingerprint density at radius 1 is 1.15 bits per heavy atom. The lowest BCUT2D eigenvalue weighted by molar-refractivity contribution is 0.0606. The minimum Gasteiger partial charge on any atom is -0.497 e. The van der Waals surface area contributed by atoms with Crippen molar-refractivity contribution in [1.29, 1.82) is 0 Å². The molecule has 8 nitrogen and oxygen atoms in total. The summed E-state index contributed by atoms with van der Waals surface area (Å²) in [6.07, 6.45) is 8.65. The molecule has 2 aliphatic rings. The number of likely N-dealkylation sites (tertiary alicyclic amines) is 1. The molecule has 0 spiro atoms. The highest BCUT2D eigenvalue weighted by Crippen LogP contribution is 2.46. The molecule has 1 aliphatic carbocycles. The summed E-state index contributed by atoms with van der Waals surface area (Å²) in [4.78, 5) is 24.3. The van der Waals surface area contributed by atoms with Gasteiger partial charge in [-0.1, -0.05) is 18.0 Å². The SMILES string of the molecule is COc1cc(OC)cc(C(=O)N2CCCC(CC3CC3)(c3noc(-c4ccncc4)n3)C2)c1. The lowest BCUT2D eigenvalue weighted by Gasteiger charge is -2.41. The van der Waals surface area contributed by atoms with Crippen LogP contribution in [0.15, 0.2) is 47.2 Å². The molecule has 1 unspecified atom stereocenters. The van der Waals surface area contributed by atoms with Crippen LogP contribution < -0.4 is 9.47 Å². The van der Waals surface area contributed by atoms with Crippen molar-refractivity contribution in [2.45, 2.75) is 37.5 Å². The second-order valence-corrected chi connectivity index (χ2v) is 9.02. The first kappa shape index (κ1) is 21.4. The summed E-state index contributed by atoms with van der Waals surface area (Å²) < 4.78 is 16.4. The van der Waals surface area contributed by atoms with Crippen LogP contribution >= 0.6 is 0 Å². The van der Waals surface area contributed by atoms with Gasteiger partial charge in [0.25, 0.3) is 11.8 Å². The Balaban J connectivity index is 1.45. The van der Waals surface area contributed by atoms with Crippen LogP contribution in [-0.4, -0.2) is 53.2 Å². The first-order chi connectivity index (χ1) is 16.1. The summed E-state index contributed by atoms with van der Waals surface area (Å²) >= 11 is 0. The number of hydrogen-bond donors (Lipinski definition) is 0. The van der Waals surface area contributed by atoms with Crippen LogP contribution in [-0.2, 0) is 5.41 Å². The summed E-state index contributed by atoms with van der Waals surface area (Å²) in [7, 11) is 3.17. The topological polar surface area (TPSA) is 90.6 Å². The number of nitrogens with zero attached hydrogens (tertiary/aromatic N) is 4. The highest BCUT2D eigenvalue weighted by Gasteiger charge is 2.46. The highest BCUT2D eigenvalue weighted by atomic mass is 16.5. The van der Waals surface area contributed by atoms with E-state index in [4.69, 9.17) is 19.0 Å². The van der Waals surface area contributed by atoms with Gasteiger partial charge in [0.1, 0.15) is 11.5 Å². The summed E-state index contributed by atoms with van der Waals surface area (Å²) in [6, 6.07) is 9.01. The van der Waals surface area contributed by atoms with Gasteiger partial charge in [-0.25, -0.2) is 0 Å². The maximum absolute atomic E-state index is 13.5. The van der Waals surface area contributed by atoms with Gasteiger partial charge in [-0.05, 0) is 49.4 Å². The van der Waals surface area contributed by atoms with E-state index in [0.29, 0.717) is 47.8 Å². The minimum atomic E-state index is -0.313. The summed E-state index contributed by atoms with van der Waals surface area (Å²) in [5.41, 5.74) is 1.09. The van der Waals surface area contributed by atoms with Crippen LogP contribution in [0, 0.1) is 5.92 Å². The van der Waals surface area contributed by atoms with Crippen molar-refractivity contribution >= 4 is 5.91 Å². The number of methoxy groups -OCH3 is 2. The van der Waals surface area contributed by atoms with E-state index in [1.165, 1.54) is 12.8 Å². The van der Waals surface area contributed by atoms with Gasteiger partial charge in [0.05, 0.1) is 19.6 Å². The molecule has 0 bridgehead atoms. The monoisotopic (exact) mass is 448 g/mol. The highest BCUT2D eigenvalue weighted by molar-refractivity contribution is 5.95. The van der Waals surface area contributed by atoms with Gasteiger partial charge in [-0.2, -0.15) is 4.98 Å². The number of carbonyl (C=O) groups is 1. The lowest BCUT2D eigenvalue weighted by atomic mass is 9.74. The Kier molecular flexibility index (Phi) is 5.74. The molecule has 3 aromatic rings. The van der Waals surface area contributed by atoms with Crippen molar-refractivity contribution in [3.63, 3.8) is 0 Å². The molecule has 2 aromatic heterocycles. The molecule has 0 N–H and O–H groups in total. The van der Waals surface area contributed by atoms with Gasteiger partial charge in [-0.3, -0.25) is 9.78 Å². The van der Waals surface area contributed by atoms with E-state index >= 15 is 0 Å². The molecular formula is C25H28N4O4. The van der Waals surface area contributed by atoms with Crippen LogP contribution in [0.4, 0.5) is 0 Å². The molecule has 3 heterocycles. The van der Waals surface area contributed by atoms with Crippen LogP contribution in [0.5, 0.6) is 11.5 Å². The first-order valence-electron chi connectivity index (χ1n) is 11.4. The van der Waals surface area contributed by atoms with Crippen LogP contribution in [0.1, 0.15) is 48.3 Å². The van der Waals surface area contributed by atoms with Crippen molar-refractivity contribution in [3.8, 4) is 23.0 Å². The number of piperidine rings is 1. The molecule has 1 aliphatic heterocycles. The lowest BCUT2D eigenvalue weighted by Crippen LogP contribution is -2.49. The molecule has 1 atom stereocenters. The quantitative estimate of drug-likeness (QED) is 0.537. The molecule has 5 rings (SSSR count). The number of hydrogen-bond acceptors (Lipinski definition) is 7. The van der Waals surface area contributed by atoms with Gasteiger partial charge in [0, 0.05) is 42.7 Å². The molecule has 1 aromatic carbocycles. The Morgan fingerprint density at radius 2 is 1.88 bits per heavy atom. The Hall–Kier alpha value is -3.42. The van der Waals surface area contributed by atoms with Crippen LogP contribution in [0.2, 0.25) is 0 Å². The average molecular weight is 449 g/mol. The molecule has 33 heavy (non-hydrogen) atoms. The first-order valence-corrected chi connectivity index (χ1v) is 11.4. The van der Waals surface area contributed by atoms with Gasteiger partial charge in [0.15, 0.2) is 5.82 Å². The predicted molar refractivity (Wildman–Crippen MR) is 121 cm³/mol. The summed E-state index contributed by atoms with van der Waals surface area (Å²) in [6.45, 7) is 1.26. The molecule has 8 heteroatoms. The second-order valence-electron chi connectivity index (χ2n) is 9.02. The average Bonchev–Trinajstić information content (AvgIpc) is 3.53. The van der Waals surface area contributed by atoms with E-state index in [9.17, 15) is 4.79 Å². The zero-order chi connectivity index (χ0) is 22.8. The van der Waals surface area contributed by atoms with Gasteiger partial charge in [0.2, 0.25) is 0 Å². The van der Waals surface area contributed by atoms with Gasteiger partial charge < -0.3 is 18.9 Å². The number of benzene rings is 1. The third kappa shape index (κ3) is 4.42. The number of aromatic nitrogens is 3. The normalized spacial score (nSPS) is 20.5. The standard InChI is InChI=1S/C25H28N4O4/c1-31-20-12-19(13-21(14-20)32-2)23(30)29-11-3-8-25(16-29,15-17-4-5-17)24-27-22(33-28-24)18-6-9-26-10-7-18/h6-7,9-10,12-14,17H,3-5,8,11,15-16H2,1-2H3. The van der Waals surface area contributed by atoms with Crippen molar-refractivity contribution in [2.75, 3.05) is 27.3 Å². The second kappa shape index (κ2) is 8.84. The summed E-state index contributed by atoms with van der Waals surface area (Å²) in [5.74, 6) is 2.99. The molecule has 1 saturated carbocycles. The Labute approximate surface area is 192 Å². The van der Waals surface area contributed by atoms with E-state index in [0.717, 1.165) is 24.8 Å². The van der Waals surface area contributed by atoms with E-state index in [1.807, 2.05) is 17.0 Å². The number of pyridine rings is 1. The third-order valence-corrected chi connectivity index (χ3v) is 6.67. The number of ether oxygens (including phenoxy) is 2. The molecule has 2 fully saturated rings. The zero-order valence-corrected chi connectivity index (χ0v) is 19.0. The number of rotatable bonds is 7. The van der Waals surface area contributed by atoms with Crippen LogP contribution in [0.25, 0.3) is 11.5 Å². The molecule has 1 saturated heterocycles. The van der Waals surface area contributed by atoms with Gasteiger partial charge >= 0.3 is 0 Å². The van der Waals surface area contributed by atoms with E-state index in [2.05, 4.69) is 10.1 Å². The summed E-state index contributed by atoms with van der Waals surface area (Å²) in [5, 5.41) is 4.41. The predicted octanol–water partition coefficient (Wildman–Crippen LogP) is 4.12. The Morgan fingerprint density at radius 3 is 2.55 bits per heavy atom. The van der Waals surface area contributed by atoms with Crippen molar-refractivity contribution in [2.24, 2.45) is 5.92 Å². The fourth-order valence-corrected chi connectivity index (χ4v) is 4.78. The minimum absolute atomic E-state index is 0.0371. The maximum atomic E-state index is 13.5.